The van der Waals surface area contributed by atoms with Crippen LogP contribution in [0.2, 0.25) is 5.02 Å². The smallest absolute Gasteiger partial charge is 0.387 e. The van der Waals surface area contributed by atoms with Crippen molar-refractivity contribution in [2.75, 3.05) is 7.11 Å². The summed E-state index contributed by atoms with van der Waals surface area (Å²) >= 11 is 5.76. The van der Waals surface area contributed by atoms with Gasteiger partial charge in [0.05, 0.1) is 7.11 Å². The summed E-state index contributed by atoms with van der Waals surface area (Å²) in [5.41, 5.74) is 0.747. The van der Waals surface area contributed by atoms with Crippen LogP contribution in [-0.4, -0.2) is 19.5 Å². The van der Waals surface area contributed by atoms with Gasteiger partial charge in [-0.15, -0.1) is 0 Å². The largest absolute Gasteiger partial charge is 0.493 e. The van der Waals surface area contributed by atoms with Crippen LogP contribution in [0.15, 0.2) is 48.5 Å². The van der Waals surface area contributed by atoms with Gasteiger partial charge in [0, 0.05) is 16.1 Å². The zero-order valence-electron chi connectivity index (χ0n) is 12.1. The molecule has 23 heavy (non-hydrogen) atoms. The standard InChI is InChI=1S/C17H13ClF2O3/c1-22-15-4-2-3-12(16(15)23-17(19)20)7-10-14(21)11-5-8-13(18)9-6-11/h2-10,17H,1H3. The maximum absolute atomic E-state index is 12.5. The number of halogens is 3. The van der Waals surface area contributed by atoms with Crippen molar-refractivity contribution < 1.29 is 23.0 Å². The van der Waals surface area contributed by atoms with E-state index in [2.05, 4.69) is 4.74 Å². The number of benzene rings is 2. The summed E-state index contributed by atoms with van der Waals surface area (Å²) in [6, 6.07) is 11.0. The first-order valence-electron chi connectivity index (χ1n) is 6.61. The average Bonchev–Trinajstić information content (AvgIpc) is 2.53. The fraction of sp³-hybridized carbons (Fsp3) is 0.118. The minimum Gasteiger partial charge on any atom is -0.493 e. The molecule has 0 amide bonds. The van der Waals surface area contributed by atoms with Crippen molar-refractivity contribution in [2.24, 2.45) is 0 Å². The number of methoxy groups -OCH3 is 1. The van der Waals surface area contributed by atoms with Gasteiger partial charge in [-0.05, 0) is 42.5 Å². The second-order valence-corrected chi connectivity index (χ2v) is 4.90. The van der Waals surface area contributed by atoms with E-state index in [1.165, 1.54) is 25.3 Å². The highest BCUT2D eigenvalue weighted by Gasteiger charge is 2.14. The number of allylic oxidation sites excluding steroid dienone is 1. The lowest BCUT2D eigenvalue weighted by Gasteiger charge is -2.12. The van der Waals surface area contributed by atoms with Crippen LogP contribution in [0.1, 0.15) is 15.9 Å². The Morgan fingerprint density at radius 1 is 1.17 bits per heavy atom. The Labute approximate surface area is 137 Å². The molecule has 0 aliphatic carbocycles. The van der Waals surface area contributed by atoms with Crippen LogP contribution < -0.4 is 9.47 Å². The molecule has 2 aromatic carbocycles. The van der Waals surface area contributed by atoms with E-state index in [1.54, 1.807) is 36.4 Å². The summed E-state index contributed by atoms with van der Waals surface area (Å²) in [7, 11) is 1.35. The first kappa shape index (κ1) is 17.0. The van der Waals surface area contributed by atoms with Crippen molar-refractivity contribution in [1.29, 1.82) is 0 Å². The number of ketones is 1. The van der Waals surface area contributed by atoms with E-state index in [0.29, 0.717) is 16.1 Å². The molecule has 3 nitrogen and oxygen atoms in total. The second-order valence-electron chi connectivity index (χ2n) is 4.46. The summed E-state index contributed by atoms with van der Waals surface area (Å²) in [6.07, 6.45) is 2.67. The van der Waals surface area contributed by atoms with Gasteiger partial charge in [0.1, 0.15) is 0 Å². The monoisotopic (exact) mass is 338 g/mol. The second kappa shape index (κ2) is 7.74. The van der Waals surface area contributed by atoms with Gasteiger partial charge in [-0.25, -0.2) is 0 Å². The molecule has 0 N–H and O–H groups in total. The molecule has 0 aliphatic heterocycles. The minimum absolute atomic E-state index is 0.120. The molecule has 0 aromatic heterocycles. The Kier molecular flexibility index (Phi) is 5.71. The van der Waals surface area contributed by atoms with Gasteiger partial charge in [0.15, 0.2) is 17.3 Å². The molecule has 0 spiro atoms. The minimum atomic E-state index is -2.99. The molecule has 0 unspecified atom stereocenters. The Hall–Kier alpha value is -2.40. The van der Waals surface area contributed by atoms with Gasteiger partial charge < -0.3 is 9.47 Å². The number of ether oxygens (including phenoxy) is 2. The number of rotatable bonds is 6. The Bertz CT molecular complexity index is 712. The lowest BCUT2D eigenvalue weighted by molar-refractivity contribution is -0.0513. The quantitative estimate of drug-likeness (QED) is 0.558. The highest BCUT2D eigenvalue weighted by Crippen LogP contribution is 2.33. The summed E-state index contributed by atoms with van der Waals surface area (Å²) < 4.78 is 34.6. The number of hydrogen-bond donors (Lipinski definition) is 0. The highest BCUT2D eigenvalue weighted by molar-refractivity contribution is 6.30. The normalized spacial score (nSPS) is 11.0. The van der Waals surface area contributed by atoms with E-state index < -0.39 is 6.61 Å². The molecule has 2 aromatic rings. The summed E-state index contributed by atoms with van der Waals surface area (Å²) in [6.45, 7) is -2.99. The average molecular weight is 339 g/mol. The molecule has 0 heterocycles. The van der Waals surface area contributed by atoms with Crippen molar-refractivity contribution in [3.8, 4) is 11.5 Å². The third kappa shape index (κ3) is 4.53. The Morgan fingerprint density at radius 2 is 1.87 bits per heavy atom. The zero-order chi connectivity index (χ0) is 16.8. The van der Waals surface area contributed by atoms with E-state index >= 15 is 0 Å². The number of hydrogen-bond acceptors (Lipinski definition) is 3. The van der Waals surface area contributed by atoms with Crippen LogP contribution in [0.3, 0.4) is 0 Å². The van der Waals surface area contributed by atoms with Crippen LogP contribution >= 0.6 is 11.6 Å². The Balaban J connectivity index is 2.28. The molecule has 0 fully saturated rings. The summed E-state index contributed by atoms with van der Waals surface area (Å²) in [4.78, 5) is 12.1. The molecular formula is C17H13ClF2O3. The molecule has 0 saturated carbocycles. The first-order chi connectivity index (χ1) is 11.0. The predicted octanol–water partition coefficient (Wildman–Crippen LogP) is 4.85. The summed E-state index contributed by atoms with van der Waals surface area (Å²) in [5.74, 6) is -0.246. The van der Waals surface area contributed by atoms with Crippen LogP contribution in [0.25, 0.3) is 6.08 Å². The number of para-hydroxylation sites is 1. The third-order valence-electron chi connectivity index (χ3n) is 2.98. The molecular weight excluding hydrogens is 326 g/mol. The van der Waals surface area contributed by atoms with Crippen molar-refractivity contribution in [3.05, 3.63) is 64.7 Å². The van der Waals surface area contributed by atoms with Crippen LogP contribution in [0.4, 0.5) is 8.78 Å². The predicted molar refractivity (Wildman–Crippen MR) is 84.4 cm³/mol. The van der Waals surface area contributed by atoms with Gasteiger partial charge in [0.25, 0.3) is 0 Å². The topological polar surface area (TPSA) is 35.5 Å². The van der Waals surface area contributed by atoms with E-state index in [9.17, 15) is 13.6 Å². The molecule has 6 heteroatoms. The number of alkyl halides is 2. The number of carbonyl (C=O) groups is 1. The van der Waals surface area contributed by atoms with Crippen LogP contribution in [0, 0.1) is 0 Å². The van der Waals surface area contributed by atoms with Gasteiger partial charge in [0.2, 0.25) is 0 Å². The fourth-order valence-corrected chi connectivity index (χ4v) is 2.04. The lowest BCUT2D eigenvalue weighted by Crippen LogP contribution is -2.05. The van der Waals surface area contributed by atoms with Crippen molar-refractivity contribution in [2.45, 2.75) is 6.61 Å². The van der Waals surface area contributed by atoms with Crippen LogP contribution in [-0.2, 0) is 0 Å². The molecule has 0 bridgehead atoms. The Morgan fingerprint density at radius 3 is 2.48 bits per heavy atom. The summed E-state index contributed by atoms with van der Waals surface area (Å²) in [5, 5.41) is 0.519. The molecule has 2 rings (SSSR count). The molecule has 0 radical (unpaired) electrons. The van der Waals surface area contributed by atoms with Gasteiger partial charge in [-0.2, -0.15) is 8.78 Å². The fourth-order valence-electron chi connectivity index (χ4n) is 1.92. The van der Waals surface area contributed by atoms with Gasteiger partial charge in [-0.3, -0.25) is 4.79 Å². The zero-order valence-corrected chi connectivity index (χ0v) is 12.9. The van der Waals surface area contributed by atoms with Gasteiger partial charge >= 0.3 is 6.61 Å². The van der Waals surface area contributed by atoms with E-state index in [0.717, 1.165) is 0 Å². The lowest BCUT2D eigenvalue weighted by atomic mass is 10.1. The van der Waals surface area contributed by atoms with Crippen molar-refractivity contribution in [1.82, 2.24) is 0 Å². The van der Waals surface area contributed by atoms with E-state index in [4.69, 9.17) is 16.3 Å². The van der Waals surface area contributed by atoms with Gasteiger partial charge in [-0.1, -0.05) is 23.7 Å². The van der Waals surface area contributed by atoms with E-state index in [-0.39, 0.29) is 17.3 Å². The molecule has 0 saturated heterocycles. The third-order valence-corrected chi connectivity index (χ3v) is 3.23. The molecule has 120 valence electrons. The van der Waals surface area contributed by atoms with Crippen LogP contribution in [0.5, 0.6) is 11.5 Å². The molecule has 0 aliphatic rings. The maximum atomic E-state index is 12.5. The van der Waals surface area contributed by atoms with Crippen molar-refractivity contribution >= 4 is 23.5 Å². The van der Waals surface area contributed by atoms with E-state index in [1.807, 2.05) is 0 Å². The molecule has 0 atom stereocenters. The number of carbonyl (C=O) groups excluding carboxylic acids is 1. The van der Waals surface area contributed by atoms with Crippen molar-refractivity contribution in [3.63, 3.8) is 0 Å². The SMILES string of the molecule is COc1cccc(C=CC(=O)c2ccc(Cl)cc2)c1OC(F)F. The highest BCUT2D eigenvalue weighted by atomic mass is 35.5. The maximum Gasteiger partial charge on any atom is 0.387 e. The first-order valence-corrected chi connectivity index (χ1v) is 6.99.